The van der Waals surface area contributed by atoms with Crippen LogP contribution in [0.5, 0.6) is 0 Å². The molecule has 1 aromatic carbocycles. The van der Waals surface area contributed by atoms with Gasteiger partial charge in [0.25, 0.3) is 5.91 Å². The van der Waals surface area contributed by atoms with Gasteiger partial charge in [-0.2, -0.15) is 0 Å². The summed E-state index contributed by atoms with van der Waals surface area (Å²) in [5, 5.41) is 3.39. The summed E-state index contributed by atoms with van der Waals surface area (Å²) in [6, 6.07) is 4.91. The van der Waals surface area contributed by atoms with E-state index >= 15 is 0 Å². The molecule has 1 N–H and O–H groups in total. The van der Waals surface area contributed by atoms with E-state index in [1.165, 1.54) is 17.4 Å². The first-order valence-electron chi connectivity index (χ1n) is 7.17. The van der Waals surface area contributed by atoms with Crippen molar-refractivity contribution >= 4 is 27.3 Å². The minimum absolute atomic E-state index is 0.157. The number of hydrogen-bond donors (Lipinski definition) is 1. The Morgan fingerprint density at radius 1 is 1.32 bits per heavy atom. The molecule has 6 heteroatoms. The molecule has 0 radical (unpaired) electrons. The number of hydrogen-bond acceptors (Lipinski definition) is 4. The van der Waals surface area contributed by atoms with Crippen LogP contribution < -0.4 is 5.32 Å². The number of ether oxygens (including phenoxy) is 2. The summed E-state index contributed by atoms with van der Waals surface area (Å²) in [5.74, 6) is -0.438. The monoisotopic (exact) mass is 325 g/mol. The fraction of sp³-hybridized carbons (Fsp3) is 0.438. The Morgan fingerprint density at radius 3 is 2.86 bits per heavy atom. The first-order valence-corrected chi connectivity index (χ1v) is 7.99. The second-order valence-electron chi connectivity index (χ2n) is 4.88. The maximum atomic E-state index is 13.8. The molecule has 0 atom stereocenters. The molecular formula is C16H20FNO3S. The van der Waals surface area contributed by atoms with Gasteiger partial charge in [-0.25, -0.2) is 4.39 Å². The molecule has 0 unspecified atom stereocenters. The number of carbonyl (C=O) groups excluding carboxylic acids is 1. The quantitative estimate of drug-likeness (QED) is 0.759. The molecule has 22 heavy (non-hydrogen) atoms. The number of carbonyl (C=O) groups is 1. The van der Waals surface area contributed by atoms with Crippen molar-refractivity contribution in [2.75, 3.05) is 33.5 Å². The van der Waals surface area contributed by atoms with Crippen molar-refractivity contribution in [3.05, 3.63) is 34.5 Å². The Labute approximate surface area is 133 Å². The van der Waals surface area contributed by atoms with Gasteiger partial charge in [-0.3, -0.25) is 4.79 Å². The van der Waals surface area contributed by atoms with Crippen LogP contribution in [0.15, 0.2) is 18.2 Å². The lowest BCUT2D eigenvalue weighted by Crippen LogP contribution is -2.25. The van der Waals surface area contributed by atoms with E-state index in [1.807, 2.05) is 6.07 Å². The van der Waals surface area contributed by atoms with Crippen LogP contribution >= 0.6 is 11.3 Å². The van der Waals surface area contributed by atoms with E-state index in [1.54, 1.807) is 20.1 Å². The van der Waals surface area contributed by atoms with Crippen LogP contribution in [-0.2, 0) is 9.47 Å². The molecule has 2 aromatic rings. The average molecular weight is 325 g/mol. The zero-order chi connectivity index (χ0) is 15.9. The first-order chi connectivity index (χ1) is 10.6. The van der Waals surface area contributed by atoms with Gasteiger partial charge in [-0.15, -0.1) is 11.3 Å². The summed E-state index contributed by atoms with van der Waals surface area (Å²) in [5.41, 5.74) is 0.701. The van der Waals surface area contributed by atoms with Crippen molar-refractivity contribution in [3.8, 4) is 0 Å². The molecule has 0 fully saturated rings. The standard InChI is InChI=1S/C16H20FNO3S/c1-11-14-12(17)5-3-6-13(14)22-15(11)16(19)18-7-4-8-21-10-9-20-2/h3,5-6H,4,7-10H2,1-2H3,(H,18,19). The maximum Gasteiger partial charge on any atom is 0.261 e. The van der Waals surface area contributed by atoms with E-state index in [4.69, 9.17) is 9.47 Å². The molecule has 0 bridgehead atoms. The van der Waals surface area contributed by atoms with Gasteiger partial charge in [0.05, 0.1) is 18.1 Å². The van der Waals surface area contributed by atoms with Gasteiger partial charge in [0, 0.05) is 30.3 Å². The zero-order valence-corrected chi connectivity index (χ0v) is 13.6. The molecule has 1 amide bonds. The molecule has 1 aromatic heterocycles. The molecule has 0 saturated carbocycles. The fourth-order valence-electron chi connectivity index (χ4n) is 2.17. The number of benzene rings is 1. The van der Waals surface area contributed by atoms with Gasteiger partial charge < -0.3 is 14.8 Å². The van der Waals surface area contributed by atoms with E-state index in [9.17, 15) is 9.18 Å². The number of halogens is 1. The maximum absolute atomic E-state index is 13.8. The summed E-state index contributed by atoms with van der Waals surface area (Å²) in [4.78, 5) is 12.8. The van der Waals surface area contributed by atoms with Crippen molar-refractivity contribution < 1.29 is 18.7 Å². The number of methoxy groups -OCH3 is 1. The molecule has 0 aliphatic heterocycles. The van der Waals surface area contributed by atoms with Crippen molar-refractivity contribution in [2.24, 2.45) is 0 Å². The van der Waals surface area contributed by atoms with Gasteiger partial charge in [0.15, 0.2) is 0 Å². The largest absolute Gasteiger partial charge is 0.382 e. The van der Waals surface area contributed by atoms with Crippen molar-refractivity contribution in [1.29, 1.82) is 0 Å². The second-order valence-corrected chi connectivity index (χ2v) is 5.94. The van der Waals surface area contributed by atoms with Crippen LogP contribution in [0, 0.1) is 12.7 Å². The van der Waals surface area contributed by atoms with E-state index in [-0.39, 0.29) is 11.7 Å². The Hall–Kier alpha value is -1.50. The molecule has 0 spiro atoms. The van der Waals surface area contributed by atoms with Crippen LogP contribution in [0.3, 0.4) is 0 Å². The number of nitrogens with one attached hydrogen (secondary N) is 1. The Bertz CT molecular complexity index is 642. The van der Waals surface area contributed by atoms with Crippen molar-refractivity contribution in [3.63, 3.8) is 0 Å². The highest BCUT2D eigenvalue weighted by Gasteiger charge is 2.17. The van der Waals surface area contributed by atoms with Gasteiger partial charge in [0.1, 0.15) is 5.82 Å². The molecule has 2 rings (SSSR count). The van der Waals surface area contributed by atoms with Gasteiger partial charge >= 0.3 is 0 Å². The van der Waals surface area contributed by atoms with Crippen LogP contribution in [0.1, 0.15) is 21.7 Å². The van der Waals surface area contributed by atoms with Crippen LogP contribution in [0.4, 0.5) is 4.39 Å². The summed E-state index contributed by atoms with van der Waals surface area (Å²) in [6.07, 6.45) is 0.730. The summed E-state index contributed by atoms with van der Waals surface area (Å²) < 4.78 is 24.8. The smallest absolute Gasteiger partial charge is 0.261 e. The molecule has 1 heterocycles. The highest BCUT2D eigenvalue weighted by molar-refractivity contribution is 7.21. The van der Waals surface area contributed by atoms with E-state index in [0.717, 1.165) is 11.1 Å². The SMILES string of the molecule is COCCOCCCNC(=O)c1sc2cccc(F)c2c1C. The molecular weight excluding hydrogens is 305 g/mol. The summed E-state index contributed by atoms with van der Waals surface area (Å²) >= 11 is 1.32. The number of amides is 1. The topological polar surface area (TPSA) is 47.6 Å². The van der Waals surface area contributed by atoms with Gasteiger partial charge in [0.2, 0.25) is 0 Å². The fourth-order valence-corrected chi connectivity index (χ4v) is 3.31. The third-order valence-corrected chi connectivity index (χ3v) is 4.55. The third kappa shape index (κ3) is 4.03. The Morgan fingerprint density at radius 2 is 2.14 bits per heavy atom. The third-order valence-electron chi connectivity index (χ3n) is 3.29. The molecule has 0 aliphatic carbocycles. The normalized spacial score (nSPS) is 11.0. The Balaban J connectivity index is 1.88. The molecule has 0 saturated heterocycles. The van der Waals surface area contributed by atoms with Crippen molar-refractivity contribution in [2.45, 2.75) is 13.3 Å². The number of thiophene rings is 1. The first kappa shape index (κ1) is 16.9. The highest BCUT2D eigenvalue weighted by Crippen LogP contribution is 2.32. The van der Waals surface area contributed by atoms with E-state index in [2.05, 4.69) is 5.32 Å². The van der Waals surface area contributed by atoms with Crippen molar-refractivity contribution in [1.82, 2.24) is 5.32 Å². The second kappa shape index (κ2) is 8.22. The number of rotatable bonds is 8. The lowest BCUT2D eigenvalue weighted by atomic mass is 10.1. The highest BCUT2D eigenvalue weighted by atomic mass is 32.1. The number of aryl methyl sites for hydroxylation is 1. The van der Waals surface area contributed by atoms with E-state index < -0.39 is 0 Å². The van der Waals surface area contributed by atoms with Crippen LogP contribution in [0.2, 0.25) is 0 Å². The molecule has 4 nitrogen and oxygen atoms in total. The average Bonchev–Trinajstić information content (AvgIpc) is 2.84. The van der Waals surface area contributed by atoms with E-state index in [0.29, 0.717) is 42.2 Å². The minimum Gasteiger partial charge on any atom is -0.382 e. The van der Waals surface area contributed by atoms with Crippen LogP contribution in [-0.4, -0.2) is 39.4 Å². The lowest BCUT2D eigenvalue weighted by molar-refractivity contribution is 0.0688. The minimum atomic E-state index is -0.281. The molecule has 120 valence electrons. The summed E-state index contributed by atoms with van der Waals surface area (Å²) in [6.45, 7) is 4.01. The van der Waals surface area contributed by atoms with Gasteiger partial charge in [-0.05, 0) is 31.0 Å². The zero-order valence-electron chi connectivity index (χ0n) is 12.8. The lowest BCUT2D eigenvalue weighted by Gasteiger charge is -2.05. The Kier molecular flexibility index (Phi) is 6.30. The van der Waals surface area contributed by atoms with Gasteiger partial charge in [-0.1, -0.05) is 6.07 Å². The summed E-state index contributed by atoms with van der Waals surface area (Å²) in [7, 11) is 1.62. The number of fused-ring (bicyclic) bond motifs is 1. The molecule has 0 aliphatic rings. The predicted molar refractivity (Wildman–Crippen MR) is 86.2 cm³/mol. The van der Waals surface area contributed by atoms with Crippen LogP contribution in [0.25, 0.3) is 10.1 Å². The predicted octanol–water partition coefficient (Wildman–Crippen LogP) is 3.13.